The second kappa shape index (κ2) is 8.40. The molecule has 6 rings (SSSR count). The molecule has 1 aromatic rings. The minimum atomic E-state index is -2.90. The van der Waals surface area contributed by atoms with Crippen LogP contribution in [0.15, 0.2) is 84.9 Å². The lowest BCUT2D eigenvalue weighted by atomic mass is 9.92. The van der Waals surface area contributed by atoms with Gasteiger partial charge in [0.15, 0.2) is 58.3 Å². The molecule has 2 atom stereocenters. The highest BCUT2D eigenvalue weighted by atomic mass is 19.2. The van der Waals surface area contributed by atoms with Gasteiger partial charge in [-0.3, -0.25) is 4.79 Å². The number of aliphatic hydroxyl groups is 3. The molecule has 16 heteroatoms. The van der Waals surface area contributed by atoms with Gasteiger partial charge in [-0.25, -0.2) is 45.7 Å². The van der Waals surface area contributed by atoms with Gasteiger partial charge in [0, 0.05) is 6.08 Å². The molecule has 0 radical (unpaired) electrons. The maximum Gasteiger partial charge on any atom is 0.199 e. The quantitative estimate of drug-likeness (QED) is 0.409. The normalized spacial score (nSPS) is 24.4. The number of carbonyl (C=O) groups excluding carboxylic acids is 1. The number of fused-ring (bicyclic) bond motifs is 6. The Hall–Kier alpha value is -4.70. The number of nitrogens with zero attached hydrogens (tertiary/aromatic N) is 4. The van der Waals surface area contributed by atoms with Crippen molar-refractivity contribution in [1.29, 1.82) is 0 Å². The predicted octanol–water partition coefficient (Wildman–Crippen LogP) is 4.08. The van der Waals surface area contributed by atoms with Crippen molar-refractivity contribution in [1.82, 2.24) is 4.79 Å². The van der Waals surface area contributed by atoms with E-state index in [1.807, 2.05) is 0 Å². The molecule has 204 valence electrons. The molecular weight excluding hydrogens is 560 g/mol. The van der Waals surface area contributed by atoms with Gasteiger partial charge >= 0.3 is 0 Å². The molecule has 5 aliphatic rings. The third-order valence-corrected chi connectivity index (χ3v) is 6.38. The van der Waals surface area contributed by atoms with Gasteiger partial charge in [-0.05, 0) is 12.2 Å². The van der Waals surface area contributed by atoms with Gasteiger partial charge in [-0.15, -0.1) is 0 Å². The summed E-state index contributed by atoms with van der Waals surface area (Å²) in [5, 5.41) is 31.6. The lowest BCUT2D eigenvalue weighted by Crippen LogP contribution is -2.38. The van der Waals surface area contributed by atoms with Gasteiger partial charge in [-0.1, -0.05) is 4.48 Å². The van der Waals surface area contributed by atoms with E-state index >= 15 is 30.8 Å². The summed E-state index contributed by atoms with van der Waals surface area (Å²) >= 11 is 0. The second-order valence-electron chi connectivity index (χ2n) is 8.61. The van der Waals surface area contributed by atoms with Crippen LogP contribution in [0.1, 0.15) is 11.4 Å². The SMILES string of the molecule is O=C1C2=C3N=C(C(F)=C3F)C(=C(O)[C@H](O)[C@@H]1O)c1c(F)c(F)c(n1F)C(F)=C1C=CC(=N1)C(F)=C1C=C(F)C2=N1. The summed E-state index contributed by atoms with van der Waals surface area (Å²) < 4.78 is 121. The molecule has 10 bridgehead atoms. The zero-order valence-electron chi connectivity index (χ0n) is 18.9. The first-order valence-electron chi connectivity index (χ1n) is 10.9. The lowest BCUT2D eigenvalue weighted by Gasteiger charge is -2.20. The minimum Gasteiger partial charge on any atom is -0.509 e. The molecule has 5 aliphatic heterocycles. The fraction of sp³-hybridized carbons (Fsp3) is 0.0833. The van der Waals surface area contributed by atoms with Crippen molar-refractivity contribution in [3.8, 4) is 0 Å². The smallest absolute Gasteiger partial charge is 0.199 e. The Kier molecular flexibility index (Phi) is 5.37. The van der Waals surface area contributed by atoms with E-state index in [1.54, 1.807) is 0 Å². The Balaban J connectivity index is 1.85. The van der Waals surface area contributed by atoms with E-state index < -0.39 is 126 Å². The summed E-state index contributed by atoms with van der Waals surface area (Å²) in [5.74, 6) is -17.5. The molecule has 0 amide bonds. The molecule has 0 saturated carbocycles. The maximum absolute atomic E-state index is 15.5. The first-order valence-corrected chi connectivity index (χ1v) is 10.9. The Bertz CT molecular complexity index is 1830. The number of carbonyl (C=O) groups is 1. The average molecular weight is 568 g/mol. The van der Waals surface area contributed by atoms with Crippen LogP contribution in [0.2, 0.25) is 0 Å². The summed E-state index contributed by atoms with van der Waals surface area (Å²) in [5.41, 5.74) is -13.6. The number of allylic oxidation sites excluding steroid dienone is 8. The van der Waals surface area contributed by atoms with Gasteiger partial charge in [0.2, 0.25) is 0 Å². The number of rotatable bonds is 0. The van der Waals surface area contributed by atoms with E-state index in [0.29, 0.717) is 12.2 Å². The van der Waals surface area contributed by atoms with E-state index in [0.717, 1.165) is 6.08 Å². The Morgan fingerprint density at radius 2 is 1.40 bits per heavy atom. The number of aliphatic imine (C=N–C) groups is 3. The fourth-order valence-electron chi connectivity index (χ4n) is 4.46. The summed E-state index contributed by atoms with van der Waals surface area (Å²) in [7, 11) is 0. The van der Waals surface area contributed by atoms with Crippen molar-refractivity contribution in [2.45, 2.75) is 12.2 Å². The van der Waals surface area contributed by atoms with Crippen LogP contribution in [0.4, 0.5) is 35.2 Å². The number of ketones is 1. The fourth-order valence-corrected chi connectivity index (χ4v) is 4.46. The van der Waals surface area contributed by atoms with Gasteiger partial charge < -0.3 is 15.3 Å². The summed E-state index contributed by atoms with van der Waals surface area (Å²) in [6.45, 7) is 0. The first-order chi connectivity index (χ1) is 18.8. The number of aromatic nitrogens is 1. The van der Waals surface area contributed by atoms with Crippen molar-refractivity contribution >= 4 is 34.3 Å². The highest BCUT2D eigenvalue weighted by molar-refractivity contribution is 6.36. The van der Waals surface area contributed by atoms with Gasteiger partial charge in [0.1, 0.15) is 51.8 Å². The number of halogens is 8. The third kappa shape index (κ3) is 3.19. The van der Waals surface area contributed by atoms with Crippen molar-refractivity contribution in [2.24, 2.45) is 15.0 Å². The molecule has 0 unspecified atom stereocenters. The zero-order valence-corrected chi connectivity index (χ0v) is 18.9. The van der Waals surface area contributed by atoms with E-state index in [2.05, 4.69) is 15.0 Å². The maximum atomic E-state index is 15.5. The highest BCUT2D eigenvalue weighted by Gasteiger charge is 2.46. The highest BCUT2D eigenvalue weighted by Crippen LogP contribution is 2.43. The monoisotopic (exact) mass is 568 g/mol. The molecule has 1 aromatic heterocycles. The average Bonchev–Trinajstić information content (AvgIpc) is 3.67. The minimum absolute atomic E-state index is 0.375. The molecule has 0 saturated heterocycles. The second-order valence-corrected chi connectivity index (χ2v) is 8.61. The molecule has 0 fully saturated rings. The van der Waals surface area contributed by atoms with E-state index in [1.165, 1.54) is 0 Å². The number of aliphatic hydroxyl groups excluding tert-OH is 3. The van der Waals surface area contributed by atoms with Crippen LogP contribution in [-0.4, -0.2) is 55.2 Å². The topological polar surface area (TPSA) is 120 Å². The summed E-state index contributed by atoms with van der Waals surface area (Å²) in [6, 6.07) is 0. The first kappa shape index (κ1) is 25.6. The van der Waals surface area contributed by atoms with Crippen LogP contribution in [0.25, 0.3) is 11.4 Å². The van der Waals surface area contributed by atoms with Gasteiger partial charge in [-0.2, -0.15) is 4.79 Å². The summed E-state index contributed by atoms with van der Waals surface area (Å²) in [6.07, 6.45) is -3.92. The molecule has 40 heavy (non-hydrogen) atoms. The number of hydrogen-bond donors (Lipinski definition) is 3. The van der Waals surface area contributed by atoms with Gasteiger partial charge in [0.05, 0.1) is 11.1 Å². The number of hydrogen-bond acceptors (Lipinski definition) is 7. The van der Waals surface area contributed by atoms with Crippen molar-refractivity contribution in [3.05, 3.63) is 93.0 Å². The summed E-state index contributed by atoms with van der Waals surface area (Å²) in [4.78, 5) is 22.5. The van der Waals surface area contributed by atoms with Crippen LogP contribution in [0.3, 0.4) is 0 Å². The lowest BCUT2D eigenvalue weighted by molar-refractivity contribution is -0.128. The Morgan fingerprint density at radius 3 is 2.10 bits per heavy atom. The van der Waals surface area contributed by atoms with E-state index in [-0.39, 0.29) is 0 Å². The molecule has 0 aromatic carbocycles. The van der Waals surface area contributed by atoms with Crippen LogP contribution in [0, 0.1) is 11.6 Å². The molecule has 6 heterocycles. The van der Waals surface area contributed by atoms with E-state index in [9.17, 15) is 24.5 Å². The van der Waals surface area contributed by atoms with E-state index in [4.69, 9.17) is 0 Å². The number of Topliss-reactive ketones (excluding diaryl/α,β-unsaturated/α-hetero) is 1. The van der Waals surface area contributed by atoms with Crippen molar-refractivity contribution in [2.75, 3.05) is 0 Å². The largest absolute Gasteiger partial charge is 0.509 e. The molecule has 0 aliphatic carbocycles. The van der Waals surface area contributed by atoms with Gasteiger partial charge in [0.25, 0.3) is 0 Å². The van der Waals surface area contributed by atoms with Crippen molar-refractivity contribution in [3.63, 3.8) is 0 Å². The zero-order chi connectivity index (χ0) is 28.9. The standard InChI is InChI=1S/C24H8F8N4O4/c25-4-3-7-10(26)5-1-2-6(33-5)11(27)20-15(31)14(30)19(36(20)32)9-18-13(29)12(28)17(35-18)8(16(4)34-7)21(37)23(39)24(40)22(9)38/h1-3,23-24,38-40H/t23-,24+/m1/s1. The van der Waals surface area contributed by atoms with Crippen molar-refractivity contribution < 1.29 is 55.3 Å². The van der Waals surface area contributed by atoms with Crippen LogP contribution in [0.5, 0.6) is 0 Å². The molecule has 0 spiro atoms. The van der Waals surface area contributed by atoms with Crippen LogP contribution < -0.4 is 0 Å². The third-order valence-electron chi connectivity index (χ3n) is 6.38. The predicted molar refractivity (Wildman–Crippen MR) is 120 cm³/mol. The molecular formula is C24H8F8N4O4. The Labute approximate surface area is 215 Å². The molecule has 3 N–H and O–H groups in total. The van der Waals surface area contributed by atoms with Crippen LogP contribution in [-0.2, 0) is 4.79 Å². The van der Waals surface area contributed by atoms with Crippen LogP contribution >= 0.6 is 0 Å². The Morgan fingerprint density at radius 1 is 0.725 bits per heavy atom. The molecule has 8 nitrogen and oxygen atoms in total.